The number of nitrogens with one attached hydrogen (secondary N) is 1. The van der Waals surface area contributed by atoms with Crippen molar-refractivity contribution in [1.82, 2.24) is 15.4 Å². The average Bonchev–Trinajstić information content (AvgIpc) is 3.22. The fraction of sp³-hybridized carbons (Fsp3) is 0.600. The smallest absolute Gasteiger partial charge is 0.252 e. The number of nitrogens with zero attached hydrogens (tertiary/aromatic N) is 2. The van der Waals surface area contributed by atoms with E-state index < -0.39 is 0 Å². The van der Waals surface area contributed by atoms with Gasteiger partial charge in [-0.25, -0.2) is 0 Å². The van der Waals surface area contributed by atoms with Crippen LogP contribution in [0.4, 0.5) is 0 Å². The number of hydrogen-bond donors (Lipinski definition) is 1. The zero-order chi connectivity index (χ0) is 19.4. The van der Waals surface area contributed by atoms with Crippen LogP contribution in [-0.4, -0.2) is 41.8 Å². The first-order valence-electron chi connectivity index (χ1n) is 9.62. The second-order valence-electron chi connectivity index (χ2n) is 7.21. The standard InChI is InChI=1S/C20H29N3O3S/c1-5-8-25-13(2)9-21-20(24)18-12-27-19-11-23(7-6-16(18)19)10-17-14(3)22-26-15(17)4/h12-13H,5-11H2,1-4H3,(H,21,24)/t13-/m0/s1. The van der Waals surface area contributed by atoms with Crippen molar-refractivity contribution in [3.05, 3.63) is 38.4 Å². The van der Waals surface area contributed by atoms with Gasteiger partial charge in [-0.3, -0.25) is 9.69 Å². The van der Waals surface area contributed by atoms with E-state index in [0.717, 1.165) is 56.1 Å². The molecule has 0 fully saturated rings. The Morgan fingerprint density at radius 1 is 1.48 bits per heavy atom. The van der Waals surface area contributed by atoms with Gasteiger partial charge in [0.25, 0.3) is 5.91 Å². The maximum Gasteiger partial charge on any atom is 0.252 e. The molecular formula is C20H29N3O3S. The van der Waals surface area contributed by atoms with E-state index in [0.29, 0.717) is 6.54 Å². The van der Waals surface area contributed by atoms with E-state index in [-0.39, 0.29) is 12.0 Å². The zero-order valence-electron chi connectivity index (χ0n) is 16.6. The highest BCUT2D eigenvalue weighted by molar-refractivity contribution is 7.10. The van der Waals surface area contributed by atoms with Gasteiger partial charge in [0.05, 0.1) is 17.4 Å². The summed E-state index contributed by atoms with van der Waals surface area (Å²) < 4.78 is 10.9. The zero-order valence-corrected chi connectivity index (χ0v) is 17.4. The molecule has 0 aromatic carbocycles. The number of thiophene rings is 1. The molecule has 0 spiro atoms. The van der Waals surface area contributed by atoms with E-state index >= 15 is 0 Å². The number of ether oxygens (including phenoxy) is 1. The summed E-state index contributed by atoms with van der Waals surface area (Å²) in [5.41, 5.74) is 4.17. The molecule has 0 saturated carbocycles. The molecule has 0 bridgehead atoms. The summed E-state index contributed by atoms with van der Waals surface area (Å²) in [6.45, 7) is 11.9. The van der Waals surface area contributed by atoms with Crippen molar-refractivity contribution >= 4 is 17.2 Å². The van der Waals surface area contributed by atoms with Gasteiger partial charge in [0.2, 0.25) is 0 Å². The van der Waals surface area contributed by atoms with E-state index in [4.69, 9.17) is 9.26 Å². The number of aromatic nitrogens is 1. The van der Waals surface area contributed by atoms with Crippen molar-refractivity contribution in [1.29, 1.82) is 0 Å². The molecule has 7 heteroatoms. The molecule has 0 radical (unpaired) electrons. The number of hydrogen-bond acceptors (Lipinski definition) is 6. The Morgan fingerprint density at radius 3 is 3.00 bits per heavy atom. The van der Waals surface area contributed by atoms with Gasteiger partial charge in [0.1, 0.15) is 5.76 Å². The fourth-order valence-electron chi connectivity index (χ4n) is 3.37. The first-order valence-corrected chi connectivity index (χ1v) is 10.5. The third kappa shape index (κ3) is 4.78. The second-order valence-corrected chi connectivity index (χ2v) is 8.17. The summed E-state index contributed by atoms with van der Waals surface area (Å²) in [6.07, 6.45) is 1.92. The highest BCUT2D eigenvalue weighted by Gasteiger charge is 2.25. The van der Waals surface area contributed by atoms with Gasteiger partial charge < -0.3 is 14.6 Å². The fourth-order valence-corrected chi connectivity index (χ4v) is 4.49. The van der Waals surface area contributed by atoms with E-state index in [1.807, 2.05) is 26.2 Å². The number of carbonyl (C=O) groups excluding carboxylic acids is 1. The Hall–Kier alpha value is -1.70. The summed E-state index contributed by atoms with van der Waals surface area (Å²) in [4.78, 5) is 16.3. The molecule has 2 aromatic rings. The number of carbonyl (C=O) groups is 1. The van der Waals surface area contributed by atoms with Crippen molar-refractivity contribution in [2.24, 2.45) is 0 Å². The average molecular weight is 392 g/mol. The molecule has 0 saturated heterocycles. The Kier molecular flexibility index (Phi) is 6.68. The molecule has 3 rings (SSSR count). The lowest BCUT2D eigenvalue weighted by Crippen LogP contribution is -2.34. The van der Waals surface area contributed by atoms with Crippen LogP contribution in [0.25, 0.3) is 0 Å². The van der Waals surface area contributed by atoms with Gasteiger partial charge in [-0.1, -0.05) is 12.1 Å². The number of fused-ring (bicyclic) bond motifs is 1. The third-order valence-electron chi connectivity index (χ3n) is 4.99. The molecule has 2 aromatic heterocycles. The van der Waals surface area contributed by atoms with Gasteiger partial charge in [-0.15, -0.1) is 11.3 Å². The van der Waals surface area contributed by atoms with Crippen LogP contribution in [0.15, 0.2) is 9.90 Å². The quantitative estimate of drug-likeness (QED) is 0.746. The summed E-state index contributed by atoms with van der Waals surface area (Å²) in [5.74, 6) is 0.905. The summed E-state index contributed by atoms with van der Waals surface area (Å²) >= 11 is 1.68. The van der Waals surface area contributed by atoms with Gasteiger partial charge in [-0.05, 0) is 39.2 Å². The maximum atomic E-state index is 12.6. The van der Waals surface area contributed by atoms with Crippen LogP contribution in [0, 0.1) is 13.8 Å². The Morgan fingerprint density at radius 2 is 2.30 bits per heavy atom. The van der Waals surface area contributed by atoms with E-state index in [2.05, 4.69) is 22.3 Å². The van der Waals surface area contributed by atoms with Crippen LogP contribution in [0.2, 0.25) is 0 Å². The predicted octanol–water partition coefficient (Wildman–Crippen LogP) is 3.46. The molecule has 1 amide bonds. The molecular weight excluding hydrogens is 362 g/mol. The highest BCUT2D eigenvalue weighted by atomic mass is 32.1. The Labute approximate surface area is 164 Å². The number of amides is 1. The van der Waals surface area contributed by atoms with Gasteiger partial charge in [0.15, 0.2) is 0 Å². The van der Waals surface area contributed by atoms with Crippen molar-refractivity contribution < 1.29 is 14.1 Å². The van der Waals surface area contributed by atoms with Crippen LogP contribution < -0.4 is 5.32 Å². The first kappa shape index (κ1) is 20.0. The molecule has 1 N–H and O–H groups in total. The summed E-state index contributed by atoms with van der Waals surface area (Å²) in [6, 6.07) is 0. The third-order valence-corrected chi connectivity index (χ3v) is 6.00. The van der Waals surface area contributed by atoms with Crippen LogP contribution in [-0.2, 0) is 24.2 Å². The van der Waals surface area contributed by atoms with Gasteiger partial charge in [-0.2, -0.15) is 0 Å². The highest BCUT2D eigenvalue weighted by Crippen LogP contribution is 2.30. The lowest BCUT2D eigenvalue weighted by Gasteiger charge is -2.27. The van der Waals surface area contributed by atoms with Crippen molar-refractivity contribution in [2.45, 2.75) is 59.7 Å². The normalized spacial score (nSPS) is 15.6. The van der Waals surface area contributed by atoms with E-state index in [9.17, 15) is 4.79 Å². The van der Waals surface area contributed by atoms with E-state index in [1.54, 1.807) is 11.3 Å². The maximum absolute atomic E-state index is 12.6. The minimum Gasteiger partial charge on any atom is -0.377 e. The van der Waals surface area contributed by atoms with Crippen molar-refractivity contribution in [3.63, 3.8) is 0 Å². The molecule has 148 valence electrons. The second kappa shape index (κ2) is 8.99. The molecule has 0 unspecified atom stereocenters. The Bertz CT molecular complexity index is 764. The first-order chi connectivity index (χ1) is 13.0. The molecule has 1 atom stereocenters. The van der Waals surface area contributed by atoms with Gasteiger partial charge >= 0.3 is 0 Å². The van der Waals surface area contributed by atoms with Crippen LogP contribution in [0.3, 0.4) is 0 Å². The molecule has 6 nitrogen and oxygen atoms in total. The lowest BCUT2D eigenvalue weighted by atomic mass is 10.0. The van der Waals surface area contributed by atoms with Crippen LogP contribution in [0.1, 0.15) is 58.1 Å². The monoisotopic (exact) mass is 391 g/mol. The number of aryl methyl sites for hydroxylation is 2. The molecule has 27 heavy (non-hydrogen) atoms. The molecule has 1 aliphatic heterocycles. The minimum atomic E-state index is 0.0126. The molecule has 3 heterocycles. The lowest BCUT2D eigenvalue weighted by molar-refractivity contribution is 0.0621. The summed E-state index contributed by atoms with van der Waals surface area (Å²) in [5, 5.41) is 9.06. The van der Waals surface area contributed by atoms with Crippen LogP contribution in [0.5, 0.6) is 0 Å². The molecule has 1 aliphatic rings. The van der Waals surface area contributed by atoms with Gasteiger partial charge in [0, 0.05) is 48.6 Å². The molecule has 0 aliphatic carbocycles. The SMILES string of the molecule is CCCO[C@@H](C)CNC(=O)c1csc2c1CCN(Cc1c(C)noc1C)C2. The Balaban J connectivity index is 1.58. The summed E-state index contributed by atoms with van der Waals surface area (Å²) in [7, 11) is 0. The van der Waals surface area contributed by atoms with E-state index in [1.165, 1.54) is 16.0 Å². The van der Waals surface area contributed by atoms with Crippen LogP contribution >= 0.6 is 11.3 Å². The van der Waals surface area contributed by atoms with Crippen molar-refractivity contribution in [2.75, 3.05) is 19.7 Å². The largest absolute Gasteiger partial charge is 0.377 e. The predicted molar refractivity (Wildman–Crippen MR) is 106 cm³/mol. The minimum absolute atomic E-state index is 0.0126. The topological polar surface area (TPSA) is 67.6 Å². The van der Waals surface area contributed by atoms with Crippen molar-refractivity contribution in [3.8, 4) is 0 Å². The number of rotatable bonds is 8.